The van der Waals surface area contributed by atoms with Crippen LogP contribution >= 0.6 is 0 Å². The molecule has 0 rings (SSSR count). The number of ether oxygens (including phenoxy) is 2. The third-order valence-corrected chi connectivity index (χ3v) is 2.80. The first-order valence-electron chi connectivity index (χ1n) is 6.61. The van der Waals surface area contributed by atoms with Gasteiger partial charge in [0.05, 0.1) is 25.9 Å². The molecule has 1 atom stereocenters. The van der Waals surface area contributed by atoms with Crippen molar-refractivity contribution >= 4 is 11.9 Å². The van der Waals surface area contributed by atoms with Crippen LogP contribution in [-0.2, 0) is 19.1 Å². The monoisotopic (exact) mass is 276 g/mol. The highest BCUT2D eigenvalue weighted by molar-refractivity contribution is 6.00. The first-order valence-corrected chi connectivity index (χ1v) is 6.61. The van der Waals surface area contributed by atoms with Gasteiger partial charge in [0.15, 0.2) is 5.41 Å². The van der Waals surface area contributed by atoms with Gasteiger partial charge >= 0.3 is 11.9 Å². The Morgan fingerprint density at radius 1 is 1.11 bits per heavy atom. The maximum absolute atomic E-state index is 12.1. The van der Waals surface area contributed by atoms with Crippen LogP contribution in [0.2, 0.25) is 0 Å². The molecule has 19 heavy (non-hydrogen) atoms. The molecule has 112 valence electrons. The number of carbonyl (C=O) groups is 2. The van der Waals surface area contributed by atoms with E-state index in [2.05, 4.69) is 0 Å². The van der Waals surface area contributed by atoms with Crippen molar-refractivity contribution in [3.05, 3.63) is 0 Å². The fourth-order valence-electron chi connectivity index (χ4n) is 1.99. The second-order valence-corrected chi connectivity index (χ2v) is 4.31. The summed E-state index contributed by atoms with van der Waals surface area (Å²) in [5.41, 5.74) is -1.54. The van der Waals surface area contributed by atoms with E-state index in [0.717, 1.165) is 0 Å². The van der Waals surface area contributed by atoms with Gasteiger partial charge in [-0.15, -0.1) is 0 Å². The molecular formula is C13H24O6. The van der Waals surface area contributed by atoms with Crippen LogP contribution in [-0.4, -0.2) is 48.1 Å². The lowest BCUT2D eigenvalue weighted by Crippen LogP contribution is -2.45. The molecule has 6 heteroatoms. The maximum atomic E-state index is 12.1. The van der Waals surface area contributed by atoms with Crippen LogP contribution in [0.1, 0.15) is 40.0 Å². The number of hydrogen-bond acceptors (Lipinski definition) is 6. The standard InChI is InChI=1S/C13H24O6/c1-4-7-13(8-10(15)9-14,11(16)18-5-2)12(17)19-6-3/h10,14-15H,4-9H2,1-3H3. The Labute approximate surface area is 113 Å². The average Bonchev–Trinajstić information content (AvgIpc) is 2.38. The zero-order chi connectivity index (χ0) is 14.9. The first kappa shape index (κ1) is 17.9. The summed E-state index contributed by atoms with van der Waals surface area (Å²) < 4.78 is 9.88. The molecule has 0 aromatic heterocycles. The lowest BCUT2D eigenvalue weighted by Gasteiger charge is -2.30. The van der Waals surface area contributed by atoms with E-state index in [9.17, 15) is 14.7 Å². The maximum Gasteiger partial charge on any atom is 0.323 e. The SMILES string of the molecule is CCCC(CC(O)CO)(C(=O)OCC)C(=O)OCC. The smallest absolute Gasteiger partial charge is 0.323 e. The minimum absolute atomic E-state index is 0.138. The summed E-state index contributed by atoms with van der Waals surface area (Å²) in [7, 11) is 0. The summed E-state index contributed by atoms with van der Waals surface area (Å²) >= 11 is 0. The van der Waals surface area contributed by atoms with E-state index in [0.29, 0.717) is 6.42 Å². The minimum atomic E-state index is -1.54. The molecule has 0 aliphatic rings. The number of carbonyl (C=O) groups excluding carboxylic acids is 2. The zero-order valence-corrected chi connectivity index (χ0v) is 11.8. The summed E-state index contributed by atoms with van der Waals surface area (Å²) in [4.78, 5) is 24.2. The average molecular weight is 276 g/mol. The van der Waals surface area contributed by atoms with Gasteiger partial charge in [0.1, 0.15) is 0 Å². The molecule has 2 N–H and O–H groups in total. The van der Waals surface area contributed by atoms with Gasteiger partial charge in [-0.3, -0.25) is 9.59 Å². The Bertz CT molecular complexity index is 271. The van der Waals surface area contributed by atoms with Crippen LogP contribution in [0.4, 0.5) is 0 Å². The Morgan fingerprint density at radius 3 is 1.89 bits per heavy atom. The van der Waals surface area contributed by atoms with Crippen molar-refractivity contribution in [2.24, 2.45) is 5.41 Å². The van der Waals surface area contributed by atoms with Crippen LogP contribution in [0, 0.1) is 5.41 Å². The lowest BCUT2D eigenvalue weighted by molar-refractivity contribution is -0.175. The van der Waals surface area contributed by atoms with Crippen molar-refractivity contribution < 1.29 is 29.3 Å². The van der Waals surface area contributed by atoms with Crippen molar-refractivity contribution in [1.82, 2.24) is 0 Å². The van der Waals surface area contributed by atoms with Crippen LogP contribution in [0.15, 0.2) is 0 Å². The van der Waals surface area contributed by atoms with E-state index in [4.69, 9.17) is 14.6 Å². The summed E-state index contributed by atoms with van der Waals surface area (Å²) in [5.74, 6) is -1.41. The van der Waals surface area contributed by atoms with Crippen molar-refractivity contribution in [1.29, 1.82) is 0 Å². The fraction of sp³-hybridized carbons (Fsp3) is 0.846. The molecule has 0 aromatic rings. The van der Waals surface area contributed by atoms with Gasteiger partial charge in [-0.05, 0) is 20.3 Å². The van der Waals surface area contributed by atoms with Crippen LogP contribution in [0.25, 0.3) is 0 Å². The van der Waals surface area contributed by atoms with E-state index >= 15 is 0 Å². The molecule has 6 nitrogen and oxygen atoms in total. The second kappa shape index (κ2) is 8.87. The largest absolute Gasteiger partial charge is 0.465 e. The predicted octanol–water partition coefficient (Wildman–Crippen LogP) is 0.642. The van der Waals surface area contributed by atoms with Crippen molar-refractivity contribution in [2.45, 2.75) is 46.1 Å². The van der Waals surface area contributed by atoms with Gasteiger partial charge in [0, 0.05) is 6.42 Å². The zero-order valence-electron chi connectivity index (χ0n) is 11.8. The number of esters is 2. The lowest BCUT2D eigenvalue weighted by atomic mass is 9.78. The predicted molar refractivity (Wildman–Crippen MR) is 68.3 cm³/mol. The molecule has 0 heterocycles. The Kier molecular flexibility index (Phi) is 8.34. The second-order valence-electron chi connectivity index (χ2n) is 4.31. The fourth-order valence-corrected chi connectivity index (χ4v) is 1.99. The molecule has 0 spiro atoms. The molecule has 0 fully saturated rings. The summed E-state index contributed by atoms with van der Waals surface area (Å²) in [6.07, 6.45) is -0.604. The van der Waals surface area contributed by atoms with E-state index in [1.165, 1.54) is 0 Å². The molecule has 1 unspecified atom stereocenters. The van der Waals surface area contributed by atoms with Gasteiger partial charge in [0.25, 0.3) is 0 Å². The van der Waals surface area contributed by atoms with Crippen molar-refractivity contribution in [3.63, 3.8) is 0 Å². The molecule has 0 radical (unpaired) electrons. The molecule has 0 amide bonds. The van der Waals surface area contributed by atoms with E-state index in [1.54, 1.807) is 13.8 Å². The van der Waals surface area contributed by atoms with Gasteiger partial charge in [0.2, 0.25) is 0 Å². The number of aliphatic hydroxyl groups is 2. The van der Waals surface area contributed by atoms with E-state index < -0.39 is 30.1 Å². The highest BCUT2D eigenvalue weighted by Crippen LogP contribution is 2.33. The molecule has 0 saturated carbocycles. The molecular weight excluding hydrogens is 252 g/mol. The van der Waals surface area contributed by atoms with Gasteiger partial charge < -0.3 is 19.7 Å². The third kappa shape index (κ3) is 4.80. The van der Waals surface area contributed by atoms with E-state index in [1.807, 2.05) is 6.92 Å². The minimum Gasteiger partial charge on any atom is -0.465 e. The van der Waals surface area contributed by atoms with Crippen molar-refractivity contribution in [2.75, 3.05) is 19.8 Å². The van der Waals surface area contributed by atoms with Gasteiger partial charge in [-0.1, -0.05) is 13.3 Å². The normalized spacial score (nSPS) is 12.9. The quantitative estimate of drug-likeness (QED) is 0.474. The highest BCUT2D eigenvalue weighted by atomic mass is 16.6. The Balaban J connectivity index is 5.31. The van der Waals surface area contributed by atoms with Crippen LogP contribution in [0.3, 0.4) is 0 Å². The van der Waals surface area contributed by atoms with Crippen LogP contribution < -0.4 is 0 Å². The summed E-state index contributed by atoms with van der Waals surface area (Å²) in [6.45, 7) is 4.85. The molecule has 0 aliphatic carbocycles. The third-order valence-electron chi connectivity index (χ3n) is 2.80. The van der Waals surface area contributed by atoms with E-state index in [-0.39, 0.29) is 26.1 Å². The van der Waals surface area contributed by atoms with Crippen molar-refractivity contribution in [3.8, 4) is 0 Å². The number of aliphatic hydroxyl groups excluding tert-OH is 2. The topological polar surface area (TPSA) is 93.1 Å². The number of rotatable bonds is 9. The first-order chi connectivity index (χ1) is 8.98. The van der Waals surface area contributed by atoms with Gasteiger partial charge in [-0.25, -0.2) is 0 Å². The highest BCUT2D eigenvalue weighted by Gasteiger charge is 2.49. The molecule has 0 aromatic carbocycles. The van der Waals surface area contributed by atoms with Gasteiger partial charge in [-0.2, -0.15) is 0 Å². The molecule has 0 saturated heterocycles. The Hall–Kier alpha value is -1.14. The molecule has 0 bridgehead atoms. The summed E-state index contributed by atoms with van der Waals surface area (Å²) in [6, 6.07) is 0. The summed E-state index contributed by atoms with van der Waals surface area (Å²) in [5, 5.41) is 18.5. The Morgan fingerprint density at radius 2 is 1.58 bits per heavy atom. The number of hydrogen-bond donors (Lipinski definition) is 2. The van der Waals surface area contributed by atoms with Crippen LogP contribution in [0.5, 0.6) is 0 Å². The molecule has 0 aliphatic heterocycles.